The van der Waals surface area contributed by atoms with Crippen LogP contribution in [0.15, 0.2) is 11.1 Å². The molecule has 4 rings (SSSR count). The van der Waals surface area contributed by atoms with Crippen LogP contribution in [0.25, 0.3) is 11.2 Å². The van der Waals surface area contributed by atoms with Crippen molar-refractivity contribution in [2.45, 2.75) is 24.5 Å². The Bertz CT molecular complexity index is 880. The zero-order chi connectivity index (χ0) is 16.4. The molecule has 5 N–H and O–H groups in total. The molecule has 1 unspecified atom stereocenters. The van der Waals surface area contributed by atoms with Gasteiger partial charge in [-0.05, 0) is 0 Å². The number of ether oxygens (including phenoxy) is 1. The number of nitrogens with two attached hydrogens (primary N) is 1. The number of hydrogen-bond acceptors (Lipinski definition) is 9. The van der Waals surface area contributed by atoms with E-state index < -0.39 is 37.9 Å². The highest BCUT2D eigenvalue weighted by atomic mass is 31.2. The summed E-state index contributed by atoms with van der Waals surface area (Å²) in [6.07, 6.45) is -2.85. The Morgan fingerprint density at radius 3 is 3.09 bits per heavy atom. The van der Waals surface area contributed by atoms with Crippen molar-refractivity contribution >= 4 is 24.9 Å². The van der Waals surface area contributed by atoms with Crippen LogP contribution in [0.4, 0.5) is 5.95 Å². The number of phosphoric ester groups is 1. The third kappa shape index (κ3) is 2.27. The third-order valence-corrected chi connectivity index (χ3v) is 4.68. The van der Waals surface area contributed by atoms with E-state index in [0.717, 1.165) is 0 Å². The van der Waals surface area contributed by atoms with Crippen LogP contribution >= 0.6 is 7.82 Å². The molecule has 124 valence electrons. The van der Waals surface area contributed by atoms with Crippen molar-refractivity contribution in [3.05, 3.63) is 16.7 Å². The molecule has 0 spiro atoms. The lowest BCUT2D eigenvalue weighted by molar-refractivity contribution is -0.0664. The number of nitrogen functional groups attached to an aromatic ring is 1. The number of hydrogen-bond donors (Lipinski definition) is 4. The predicted molar refractivity (Wildman–Crippen MR) is 73.1 cm³/mol. The van der Waals surface area contributed by atoms with Crippen molar-refractivity contribution < 1.29 is 28.3 Å². The summed E-state index contributed by atoms with van der Waals surface area (Å²) in [5.41, 5.74) is 5.12. The standard InChI is InChI=1S/C10H12N5O7P/c11-10-13-7-4(8(17)14-10)12-2-15(7)9-5(16)6-3(21-9)1-20-23(18,19)22-6/h2-3,5-6,9,16H,1H2,(H,18,19)(H3,11,13,14,17)/t3-,5-,6-,9-/m1/s1/i4+1,7+1,8+1,11+1,13+1,14+1,15+1. The first kappa shape index (κ1) is 14.8. The molecule has 13 heteroatoms. The van der Waals surface area contributed by atoms with Crippen molar-refractivity contribution in [2.75, 3.05) is 12.3 Å². The Kier molecular flexibility index (Phi) is 3.10. The van der Waals surface area contributed by atoms with E-state index in [1.807, 2.05) is 0 Å². The quantitative estimate of drug-likeness (QED) is 0.348. The molecule has 0 aliphatic carbocycles. The summed E-state index contributed by atoms with van der Waals surface area (Å²) in [6.45, 7) is -0.214. The maximum Gasteiger partial charge on any atom is 0.472 e. The van der Waals surface area contributed by atoms with Gasteiger partial charge in [-0.2, -0.15) is 4.98 Å². The highest BCUT2D eigenvalue weighted by Crippen LogP contribution is 2.52. The number of aliphatic hydroxyl groups excluding tert-OH is 1. The molecule has 0 bridgehead atoms. The predicted octanol–water partition coefficient (Wildman–Crippen LogP) is -1.52. The Balaban J connectivity index is 1.75. The number of anilines is 1. The zero-order valence-corrected chi connectivity index (χ0v) is 12.3. The van der Waals surface area contributed by atoms with E-state index in [1.54, 1.807) is 0 Å². The van der Waals surface area contributed by atoms with E-state index in [0.29, 0.717) is 0 Å². The fourth-order valence-corrected chi connectivity index (χ4v) is 3.66. The van der Waals surface area contributed by atoms with Crippen molar-refractivity contribution in [2.24, 2.45) is 0 Å². The summed E-state index contributed by atoms with van der Waals surface area (Å²) >= 11 is 0. The monoisotopic (exact) mass is 352 g/mol. The maximum atomic E-state index is 11.8. The molecule has 0 radical (unpaired) electrons. The van der Waals surface area contributed by atoms with E-state index in [2.05, 4.69) is 19.5 Å². The van der Waals surface area contributed by atoms with E-state index in [-0.39, 0.29) is 23.7 Å². The molecule has 2 aromatic rings. The van der Waals surface area contributed by atoms with Gasteiger partial charge < -0.3 is 20.5 Å². The number of H-pyrrole nitrogens is 1. The first-order valence-electron chi connectivity index (χ1n) is 6.57. The van der Waals surface area contributed by atoms with Crippen LogP contribution < -0.4 is 11.3 Å². The first-order valence-corrected chi connectivity index (χ1v) is 8.07. The number of nitrogens with one attached hydrogen (secondary N) is 1. The number of rotatable bonds is 1. The molecule has 2 aliphatic heterocycles. The summed E-state index contributed by atoms with van der Waals surface area (Å²) in [4.78, 5) is 31.3. The lowest BCUT2D eigenvalue weighted by Crippen LogP contribution is -2.39. The lowest BCUT2D eigenvalue weighted by atomic mass is 10.1. The molecule has 2 saturated heterocycles. The van der Waals surface area contributed by atoms with Crippen LogP contribution in [-0.4, -0.2) is 54.4 Å². The molecular weight excluding hydrogens is 340 g/mol. The lowest BCUT2D eigenvalue weighted by Gasteiger charge is -2.27. The van der Waals surface area contributed by atoms with Gasteiger partial charge in [0.1, 0.15) is 18.3 Å². The highest BCUT2D eigenvalue weighted by Gasteiger charge is 2.52. The van der Waals surface area contributed by atoms with Gasteiger partial charge in [-0.1, -0.05) is 0 Å². The second kappa shape index (κ2) is 4.84. The molecule has 2 aromatic heterocycles. The van der Waals surface area contributed by atoms with Gasteiger partial charge in [0.05, 0.1) is 12.9 Å². The van der Waals surface area contributed by atoms with E-state index >= 15 is 0 Å². The zero-order valence-electron chi connectivity index (χ0n) is 11.4. The average molecular weight is 352 g/mol. The summed E-state index contributed by atoms with van der Waals surface area (Å²) in [7, 11) is -4.22. The van der Waals surface area contributed by atoms with E-state index in [9.17, 15) is 19.4 Å². The molecule has 23 heavy (non-hydrogen) atoms. The van der Waals surface area contributed by atoms with Gasteiger partial charge in [-0.25, -0.2) is 9.55 Å². The van der Waals surface area contributed by atoms with Crippen LogP contribution in [0.3, 0.4) is 0 Å². The molecule has 4 heterocycles. The fraction of sp³-hybridized carbons (Fsp3) is 0.500. The summed E-state index contributed by atoms with van der Waals surface area (Å²) in [6, 6.07) is 0. The Morgan fingerprint density at radius 2 is 2.30 bits per heavy atom. The molecular formula is C10H12N5O7P. The Labute approximate surface area is 127 Å². The number of aromatic amines is 1. The number of imidazole rings is 1. The van der Waals surface area contributed by atoms with Crippen LogP contribution in [-0.2, 0) is 18.3 Å². The summed E-state index contributed by atoms with van der Waals surface area (Å²) < 4.78 is 27.9. The first-order chi connectivity index (χ1) is 10.9. The maximum absolute atomic E-state index is 11.8. The number of nitrogens with zero attached hydrogens (tertiary/aromatic N) is 3. The van der Waals surface area contributed by atoms with Crippen LogP contribution in [0.5, 0.6) is 0 Å². The third-order valence-electron chi connectivity index (χ3n) is 3.69. The minimum absolute atomic E-state index is 0.0230. The summed E-state index contributed by atoms with van der Waals surface area (Å²) in [5, 5.41) is 10.4. The minimum atomic E-state index is -4.22. The van der Waals surface area contributed by atoms with Gasteiger partial charge in [0.2, 0.25) is 5.95 Å². The number of aliphatic hydroxyl groups is 1. The molecule has 0 aromatic carbocycles. The van der Waals surface area contributed by atoms with Crippen molar-refractivity contribution in [3.63, 3.8) is 0 Å². The molecule has 2 aliphatic rings. The largest absolute Gasteiger partial charge is 0.472 e. The molecule has 0 amide bonds. The van der Waals surface area contributed by atoms with Crippen LogP contribution in [0, 0.1) is 0 Å². The van der Waals surface area contributed by atoms with Crippen molar-refractivity contribution in [3.8, 4) is 0 Å². The average Bonchev–Trinajstić information content (AvgIpc) is 3.00. The normalized spacial score (nSPS) is 37.1. The molecule has 2 fully saturated rings. The van der Waals surface area contributed by atoms with Gasteiger partial charge >= 0.3 is 7.82 Å². The van der Waals surface area contributed by atoms with Gasteiger partial charge in [-0.3, -0.25) is 23.4 Å². The number of phosphoric acid groups is 1. The molecule has 5 atom stereocenters. The van der Waals surface area contributed by atoms with Crippen LogP contribution in [0.1, 0.15) is 6.23 Å². The van der Waals surface area contributed by atoms with Gasteiger partial charge in [0.15, 0.2) is 17.4 Å². The number of aromatic nitrogens is 4. The second-order valence-electron chi connectivity index (χ2n) is 5.17. The Morgan fingerprint density at radius 1 is 1.52 bits per heavy atom. The smallest absolute Gasteiger partial charge is 0.386 e. The SMILES string of the molecule is [15NH2]c1[15n][13c]2[13c](nc[15n]2[C@@H]2O[C@@H]3COP(=O)(O)O[C@H]3[C@H]2O)[13c](=O)[15nH]1. The Hall–Kier alpha value is -1.82. The number of fused-ring (bicyclic) bond motifs is 2. The van der Waals surface area contributed by atoms with E-state index in [4.69, 9.17) is 15.0 Å². The fourth-order valence-electron chi connectivity index (χ4n) is 2.69. The second-order valence-corrected chi connectivity index (χ2v) is 6.57. The van der Waals surface area contributed by atoms with Crippen LogP contribution in [0.2, 0.25) is 0 Å². The highest BCUT2D eigenvalue weighted by molar-refractivity contribution is 7.47. The minimum Gasteiger partial charge on any atom is -0.386 e. The van der Waals surface area contributed by atoms with Crippen molar-refractivity contribution in [1.29, 1.82) is 0 Å². The molecule has 12 nitrogen and oxygen atoms in total. The van der Waals surface area contributed by atoms with Gasteiger partial charge in [0, 0.05) is 0 Å². The van der Waals surface area contributed by atoms with E-state index in [1.165, 1.54) is 10.9 Å². The topological polar surface area (TPSA) is 175 Å². The van der Waals surface area contributed by atoms with Crippen molar-refractivity contribution in [1.82, 2.24) is 19.5 Å². The molecule has 0 saturated carbocycles. The summed E-state index contributed by atoms with van der Waals surface area (Å²) in [5.74, 6) is -0.117. The van der Waals surface area contributed by atoms with Gasteiger partial charge in [0.25, 0.3) is 5.56 Å². The van der Waals surface area contributed by atoms with Gasteiger partial charge in [-0.15, -0.1) is 0 Å².